The van der Waals surface area contributed by atoms with E-state index in [1.807, 2.05) is 66.7 Å². The van der Waals surface area contributed by atoms with E-state index in [0.29, 0.717) is 19.0 Å². The normalized spacial score (nSPS) is 11.3. The topological polar surface area (TPSA) is 44.8 Å². The van der Waals surface area contributed by atoms with E-state index in [-0.39, 0.29) is 5.97 Å². The van der Waals surface area contributed by atoms with Crippen LogP contribution in [0, 0.1) is 0 Å². The molecular weight excluding hydrogens is 400 g/mol. The maximum absolute atomic E-state index is 12.0. The zero-order valence-corrected chi connectivity index (χ0v) is 18.9. The maximum atomic E-state index is 12.0. The molecule has 0 fully saturated rings. The molecular formula is C28H30O4. The number of ether oxygens (including phenoxy) is 3. The predicted molar refractivity (Wildman–Crippen MR) is 129 cm³/mol. The number of rotatable bonds is 10. The van der Waals surface area contributed by atoms with Gasteiger partial charge >= 0.3 is 5.97 Å². The molecule has 3 aromatic carbocycles. The van der Waals surface area contributed by atoms with Crippen LogP contribution in [0.5, 0.6) is 11.5 Å². The summed E-state index contributed by atoms with van der Waals surface area (Å²) in [4.78, 5) is 12.0. The van der Waals surface area contributed by atoms with Gasteiger partial charge in [0.2, 0.25) is 0 Å². The molecule has 0 bridgehead atoms. The van der Waals surface area contributed by atoms with Gasteiger partial charge < -0.3 is 14.2 Å². The quantitative estimate of drug-likeness (QED) is 0.284. The van der Waals surface area contributed by atoms with Crippen LogP contribution in [0.4, 0.5) is 0 Å². The molecule has 32 heavy (non-hydrogen) atoms. The Morgan fingerprint density at radius 1 is 0.812 bits per heavy atom. The Morgan fingerprint density at radius 3 is 2.03 bits per heavy atom. The summed E-state index contributed by atoms with van der Waals surface area (Å²) < 4.78 is 16.7. The van der Waals surface area contributed by atoms with Crippen LogP contribution in [0.25, 0.3) is 12.2 Å². The lowest BCUT2D eigenvalue weighted by Crippen LogP contribution is -2.39. The van der Waals surface area contributed by atoms with Gasteiger partial charge in [-0.15, -0.1) is 0 Å². The summed E-state index contributed by atoms with van der Waals surface area (Å²) in [5, 5.41) is 0. The van der Waals surface area contributed by atoms with E-state index in [0.717, 1.165) is 23.3 Å². The first-order valence-corrected chi connectivity index (χ1v) is 10.9. The first kappa shape index (κ1) is 23.1. The summed E-state index contributed by atoms with van der Waals surface area (Å²) >= 11 is 0. The Balaban J connectivity index is 1.46. The minimum Gasteiger partial charge on any atom is -0.493 e. The highest BCUT2D eigenvalue weighted by Gasteiger charge is 2.31. The van der Waals surface area contributed by atoms with Crippen LogP contribution in [0.15, 0.2) is 78.9 Å². The van der Waals surface area contributed by atoms with Crippen molar-refractivity contribution in [3.05, 3.63) is 95.6 Å². The fourth-order valence-corrected chi connectivity index (χ4v) is 3.08. The minimum atomic E-state index is -1.02. The molecule has 0 spiro atoms. The van der Waals surface area contributed by atoms with Gasteiger partial charge in [-0.2, -0.15) is 0 Å². The smallest absolute Gasteiger partial charge is 0.349 e. The largest absolute Gasteiger partial charge is 0.493 e. The molecule has 0 atom stereocenters. The van der Waals surface area contributed by atoms with Crippen LogP contribution in [0.3, 0.4) is 0 Å². The molecule has 0 radical (unpaired) electrons. The Labute approximate surface area is 190 Å². The van der Waals surface area contributed by atoms with Crippen LogP contribution in [0.1, 0.15) is 37.5 Å². The zero-order valence-electron chi connectivity index (χ0n) is 18.9. The summed E-state index contributed by atoms with van der Waals surface area (Å²) in [6.07, 6.45) is 4.96. The van der Waals surface area contributed by atoms with Crippen LogP contribution < -0.4 is 9.47 Å². The van der Waals surface area contributed by atoms with Crippen molar-refractivity contribution in [2.45, 2.75) is 32.8 Å². The van der Waals surface area contributed by atoms with Crippen LogP contribution >= 0.6 is 0 Å². The summed E-state index contributed by atoms with van der Waals surface area (Å²) in [6.45, 7) is 6.10. The average molecular weight is 431 g/mol. The van der Waals surface area contributed by atoms with Crippen molar-refractivity contribution in [2.75, 3.05) is 13.2 Å². The first-order valence-electron chi connectivity index (χ1n) is 10.9. The number of hydrogen-bond acceptors (Lipinski definition) is 4. The van der Waals surface area contributed by atoms with Crippen molar-refractivity contribution in [1.29, 1.82) is 0 Å². The summed E-state index contributed by atoms with van der Waals surface area (Å²) in [5.74, 6) is 1.10. The third-order valence-corrected chi connectivity index (χ3v) is 4.87. The molecule has 0 N–H and O–H groups in total. The molecule has 0 unspecified atom stereocenters. The van der Waals surface area contributed by atoms with E-state index in [2.05, 4.69) is 24.3 Å². The molecule has 4 nitrogen and oxygen atoms in total. The number of carbonyl (C=O) groups is 1. The van der Waals surface area contributed by atoms with Gasteiger partial charge in [0.15, 0.2) is 5.60 Å². The van der Waals surface area contributed by atoms with Gasteiger partial charge in [0.05, 0.1) is 13.2 Å². The van der Waals surface area contributed by atoms with Gasteiger partial charge in [0.1, 0.15) is 11.5 Å². The predicted octanol–water partition coefficient (Wildman–Crippen LogP) is 6.20. The second-order valence-corrected chi connectivity index (χ2v) is 7.89. The van der Waals surface area contributed by atoms with E-state index >= 15 is 0 Å². The minimum absolute atomic E-state index is 0.331. The van der Waals surface area contributed by atoms with Crippen molar-refractivity contribution < 1.29 is 19.0 Å². The molecule has 0 amide bonds. The van der Waals surface area contributed by atoms with Gasteiger partial charge in [0, 0.05) is 6.42 Å². The van der Waals surface area contributed by atoms with Crippen LogP contribution in [-0.2, 0) is 16.0 Å². The standard InChI is InChI=1S/C28H30O4/c1-4-30-27(29)28(2,3)32-26-18-14-24(15-19-26)20-21-31-25-16-12-23(13-17-25)11-10-22-8-6-5-7-9-22/h5-19H,4,20-21H2,1-3H3/b11-10+. The van der Waals surface area contributed by atoms with Crippen LogP contribution in [-0.4, -0.2) is 24.8 Å². The lowest BCUT2D eigenvalue weighted by atomic mass is 10.1. The highest BCUT2D eigenvalue weighted by Crippen LogP contribution is 2.21. The SMILES string of the molecule is CCOC(=O)C(C)(C)Oc1ccc(CCOc2ccc(/C=C/c3ccccc3)cc2)cc1. The molecule has 0 saturated carbocycles. The van der Waals surface area contributed by atoms with Crippen LogP contribution in [0.2, 0.25) is 0 Å². The monoisotopic (exact) mass is 430 g/mol. The Morgan fingerprint density at radius 2 is 1.41 bits per heavy atom. The average Bonchev–Trinajstić information content (AvgIpc) is 2.80. The zero-order chi connectivity index (χ0) is 22.8. The summed E-state index contributed by atoms with van der Waals surface area (Å²) in [7, 11) is 0. The molecule has 3 rings (SSSR count). The van der Waals surface area contributed by atoms with E-state index in [9.17, 15) is 4.79 Å². The van der Waals surface area contributed by atoms with Crippen molar-refractivity contribution in [3.63, 3.8) is 0 Å². The third-order valence-electron chi connectivity index (χ3n) is 4.87. The molecule has 0 aliphatic rings. The molecule has 0 aromatic heterocycles. The lowest BCUT2D eigenvalue weighted by molar-refractivity contribution is -0.158. The van der Waals surface area contributed by atoms with E-state index < -0.39 is 5.60 Å². The number of hydrogen-bond donors (Lipinski definition) is 0. The van der Waals surface area contributed by atoms with E-state index in [4.69, 9.17) is 14.2 Å². The molecule has 0 aliphatic carbocycles. The van der Waals surface area contributed by atoms with Crippen molar-refractivity contribution >= 4 is 18.1 Å². The third kappa shape index (κ3) is 7.02. The summed E-state index contributed by atoms with van der Waals surface area (Å²) in [5.41, 5.74) is 2.41. The van der Waals surface area contributed by atoms with Gasteiger partial charge in [-0.05, 0) is 61.7 Å². The molecule has 3 aromatic rings. The number of benzene rings is 3. The van der Waals surface area contributed by atoms with Gasteiger partial charge in [-0.3, -0.25) is 0 Å². The highest BCUT2D eigenvalue weighted by atomic mass is 16.6. The van der Waals surface area contributed by atoms with Gasteiger partial charge in [-0.1, -0.05) is 66.7 Å². The fourth-order valence-electron chi connectivity index (χ4n) is 3.08. The Kier molecular flexibility index (Phi) is 8.09. The van der Waals surface area contributed by atoms with E-state index in [1.54, 1.807) is 20.8 Å². The first-order chi connectivity index (χ1) is 15.5. The van der Waals surface area contributed by atoms with Crippen molar-refractivity contribution in [2.24, 2.45) is 0 Å². The molecule has 0 aliphatic heterocycles. The second-order valence-electron chi connectivity index (χ2n) is 7.89. The number of carbonyl (C=O) groups excluding carboxylic acids is 1. The number of esters is 1. The van der Waals surface area contributed by atoms with Crippen molar-refractivity contribution in [3.8, 4) is 11.5 Å². The van der Waals surface area contributed by atoms with Gasteiger partial charge in [0.25, 0.3) is 0 Å². The molecule has 4 heteroatoms. The molecule has 0 saturated heterocycles. The highest BCUT2D eigenvalue weighted by molar-refractivity contribution is 5.79. The second kappa shape index (κ2) is 11.2. The maximum Gasteiger partial charge on any atom is 0.349 e. The van der Waals surface area contributed by atoms with E-state index in [1.165, 1.54) is 5.56 Å². The molecule has 0 heterocycles. The molecule has 166 valence electrons. The fraction of sp³-hybridized carbons (Fsp3) is 0.250. The van der Waals surface area contributed by atoms with Crippen molar-refractivity contribution in [1.82, 2.24) is 0 Å². The van der Waals surface area contributed by atoms with Gasteiger partial charge in [-0.25, -0.2) is 4.79 Å². The summed E-state index contributed by atoms with van der Waals surface area (Å²) in [6, 6.07) is 26.0. The Bertz CT molecular complexity index is 1000. The lowest BCUT2D eigenvalue weighted by Gasteiger charge is -2.24. The Hall–Kier alpha value is -3.53.